The molecule has 0 aromatic heterocycles. The summed E-state index contributed by atoms with van der Waals surface area (Å²) < 4.78 is 0. The zero-order valence-corrected chi connectivity index (χ0v) is 14.5. The van der Waals surface area contributed by atoms with Crippen LogP contribution in [0.15, 0.2) is 23.1 Å². The van der Waals surface area contributed by atoms with E-state index >= 15 is 0 Å². The topological polar surface area (TPSA) is 63.5 Å². The first-order valence-corrected chi connectivity index (χ1v) is 8.82. The Morgan fingerprint density at radius 2 is 2.09 bits per heavy atom. The van der Waals surface area contributed by atoms with Gasteiger partial charge in [-0.15, -0.1) is 11.8 Å². The first kappa shape index (κ1) is 18.5. The van der Waals surface area contributed by atoms with E-state index in [1.807, 2.05) is 18.7 Å². The Morgan fingerprint density at radius 3 is 2.59 bits per heavy atom. The van der Waals surface area contributed by atoms with Crippen LogP contribution >= 0.6 is 11.8 Å². The predicted octanol–water partition coefficient (Wildman–Crippen LogP) is 4.36. The zero-order chi connectivity index (χ0) is 16.7. The summed E-state index contributed by atoms with van der Waals surface area (Å²) in [5, 5.41) is 11.2. The van der Waals surface area contributed by atoms with E-state index in [1.165, 1.54) is 17.8 Å². The molecule has 122 valence electrons. The molecular weight excluding hydrogens is 300 g/mol. The van der Waals surface area contributed by atoms with Crippen molar-refractivity contribution in [2.24, 2.45) is 0 Å². The standard InChI is InChI=1S/C16H24N2O3S/c1-5-7-10-17(12(3)6-2)16(19)13-8-9-15(22-4)14(11-13)18(20)21/h8-9,11-12H,5-7,10H2,1-4H3. The average Bonchev–Trinajstić information content (AvgIpc) is 2.53. The van der Waals surface area contributed by atoms with Gasteiger partial charge < -0.3 is 4.90 Å². The second kappa shape index (κ2) is 8.78. The highest BCUT2D eigenvalue weighted by atomic mass is 32.2. The summed E-state index contributed by atoms with van der Waals surface area (Å²) in [6.45, 7) is 6.81. The van der Waals surface area contributed by atoms with Gasteiger partial charge in [-0.3, -0.25) is 14.9 Å². The Bertz CT molecular complexity index is 534. The first-order valence-electron chi connectivity index (χ1n) is 7.59. The van der Waals surface area contributed by atoms with E-state index in [0.717, 1.165) is 19.3 Å². The Kier molecular flexibility index (Phi) is 7.38. The molecular formula is C16H24N2O3S. The number of nitro groups is 1. The van der Waals surface area contributed by atoms with E-state index in [4.69, 9.17) is 0 Å². The number of hydrogen-bond donors (Lipinski definition) is 0. The Morgan fingerprint density at radius 1 is 1.41 bits per heavy atom. The minimum Gasteiger partial charge on any atom is -0.336 e. The fourth-order valence-electron chi connectivity index (χ4n) is 2.20. The van der Waals surface area contributed by atoms with Gasteiger partial charge in [-0.25, -0.2) is 0 Å². The number of hydrogen-bond acceptors (Lipinski definition) is 4. The van der Waals surface area contributed by atoms with Crippen molar-refractivity contribution in [2.45, 2.75) is 51.0 Å². The van der Waals surface area contributed by atoms with Gasteiger partial charge in [0.05, 0.1) is 9.82 Å². The predicted molar refractivity (Wildman–Crippen MR) is 90.6 cm³/mol. The Hall–Kier alpha value is -1.56. The van der Waals surface area contributed by atoms with Crippen molar-refractivity contribution < 1.29 is 9.72 Å². The van der Waals surface area contributed by atoms with Gasteiger partial charge in [0.15, 0.2) is 0 Å². The van der Waals surface area contributed by atoms with Gasteiger partial charge >= 0.3 is 0 Å². The molecule has 0 spiro atoms. The van der Waals surface area contributed by atoms with E-state index in [1.54, 1.807) is 18.4 Å². The minimum atomic E-state index is -0.428. The first-order chi connectivity index (χ1) is 10.5. The molecule has 0 saturated heterocycles. The highest BCUT2D eigenvalue weighted by Crippen LogP contribution is 2.29. The summed E-state index contributed by atoms with van der Waals surface area (Å²) in [5.41, 5.74) is 0.388. The molecule has 1 unspecified atom stereocenters. The van der Waals surface area contributed by atoms with Crippen molar-refractivity contribution in [1.82, 2.24) is 4.90 Å². The van der Waals surface area contributed by atoms with E-state index in [-0.39, 0.29) is 17.6 Å². The molecule has 6 heteroatoms. The molecule has 0 radical (unpaired) electrons. The second-order valence-corrected chi connectivity index (χ2v) is 6.10. The lowest BCUT2D eigenvalue weighted by Gasteiger charge is -2.28. The number of rotatable bonds is 8. The van der Waals surface area contributed by atoms with Crippen LogP contribution in [0.25, 0.3) is 0 Å². The molecule has 5 nitrogen and oxygen atoms in total. The van der Waals surface area contributed by atoms with Gasteiger partial charge in [-0.05, 0) is 38.2 Å². The zero-order valence-electron chi connectivity index (χ0n) is 13.7. The van der Waals surface area contributed by atoms with Crippen LogP contribution in [0.5, 0.6) is 0 Å². The third-order valence-electron chi connectivity index (χ3n) is 3.76. The Balaban J connectivity index is 3.12. The molecule has 0 bridgehead atoms. The van der Waals surface area contributed by atoms with E-state index in [2.05, 4.69) is 6.92 Å². The van der Waals surface area contributed by atoms with Crippen LogP contribution in [0.4, 0.5) is 5.69 Å². The van der Waals surface area contributed by atoms with Gasteiger partial charge in [0.25, 0.3) is 11.6 Å². The molecule has 1 aromatic rings. The van der Waals surface area contributed by atoms with Crippen LogP contribution in [-0.4, -0.2) is 34.6 Å². The number of unbranched alkanes of at least 4 members (excludes halogenated alkanes) is 1. The average molecular weight is 324 g/mol. The van der Waals surface area contributed by atoms with Crippen LogP contribution in [-0.2, 0) is 0 Å². The van der Waals surface area contributed by atoms with Crippen molar-refractivity contribution in [3.05, 3.63) is 33.9 Å². The molecule has 0 aliphatic rings. The molecule has 1 amide bonds. The number of nitro benzene ring substituents is 1. The molecule has 0 aliphatic carbocycles. The van der Waals surface area contributed by atoms with Gasteiger partial charge in [-0.2, -0.15) is 0 Å². The highest BCUT2D eigenvalue weighted by Gasteiger charge is 2.23. The van der Waals surface area contributed by atoms with E-state index in [9.17, 15) is 14.9 Å². The lowest BCUT2D eigenvalue weighted by atomic mass is 10.1. The third kappa shape index (κ3) is 4.47. The summed E-state index contributed by atoms with van der Waals surface area (Å²) in [7, 11) is 0. The molecule has 0 N–H and O–H groups in total. The fourth-order valence-corrected chi connectivity index (χ4v) is 2.75. The maximum atomic E-state index is 12.7. The number of carbonyl (C=O) groups excluding carboxylic acids is 1. The van der Waals surface area contributed by atoms with E-state index in [0.29, 0.717) is 17.0 Å². The summed E-state index contributed by atoms with van der Waals surface area (Å²) in [4.78, 5) is 25.8. The lowest BCUT2D eigenvalue weighted by Crippen LogP contribution is -2.39. The van der Waals surface area contributed by atoms with Crippen molar-refractivity contribution >= 4 is 23.4 Å². The number of benzene rings is 1. The SMILES string of the molecule is CCCCN(C(=O)c1ccc(SC)c([N+](=O)[O-])c1)C(C)CC. The minimum absolute atomic E-state index is 0.00190. The molecule has 0 saturated carbocycles. The molecule has 0 aliphatic heterocycles. The second-order valence-electron chi connectivity index (χ2n) is 5.25. The van der Waals surface area contributed by atoms with Gasteiger partial charge in [0, 0.05) is 24.2 Å². The maximum absolute atomic E-state index is 12.7. The van der Waals surface area contributed by atoms with Gasteiger partial charge in [0.1, 0.15) is 0 Å². The number of carbonyl (C=O) groups is 1. The summed E-state index contributed by atoms with van der Waals surface area (Å²) in [6.07, 6.45) is 4.59. The van der Waals surface area contributed by atoms with Crippen molar-refractivity contribution in [1.29, 1.82) is 0 Å². The van der Waals surface area contributed by atoms with Gasteiger partial charge in [-0.1, -0.05) is 20.3 Å². The summed E-state index contributed by atoms with van der Waals surface area (Å²) in [5.74, 6) is -0.126. The van der Waals surface area contributed by atoms with Crippen LogP contribution in [0.1, 0.15) is 50.4 Å². The monoisotopic (exact) mass is 324 g/mol. The van der Waals surface area contributed by atoms with Crippen LogP contribution < -0.4 is 0 Å². The van der Waals surface area contributed by atoms with Gasteiger partial charge in [0.2, 0.25) is 0 Å². The molecule has 0 heterocycles. The van der Waals surface area contributed by atoms with Crippen LogP contribution in [0.3, 0.4) is 0 Å². The van der Waals surface area contributed by atoms with E-state index < -0.39 is 4.92 Å². The maximum Gasteiger partial charge on any atom is 0.283 e. The quantitative estimate of drug-likeness (QED) is 0.405. The van der Waals surface area contributed by atoms with Crippen molar-refractivity contribution in [2.75, 3.05) is 12.8 Å². The third-order valence-corrected chi connectivity index (χ3v) is 4.54. The Labute approximate surface area is 136 Å². The number of thioether (sulfide) groups is 1. The molecule has 1 aromatic carbocycles. The smallest absolute Gasteiger partial charge is 0.283 e. The summed E-state index contributed by atoms with van der Waals surface area (Å²) >= 11 is 1.31. The normalized spacial score (nSPS) is 12.0. The molecule has 22 heavy (non-hydrogen) atoms. The lowest BCUT2D eigenvalue weighted by molar-refractivity contribution is -0.387. The number of amides is 1. The molecule has 1 rings (SSSR count). The summed E-state index contributed by atoms with van der Waals surface area (Å²) in [6, 6.07) is 4.86. The molecule has 0 fully saturated rings. The number of nitrogens with zero attached hydrogens (tertiary/aromatic N) is 2. The van der Waals surface area contributed by atoms with Crippen molar-refractivity contribution in [3.8, 4) is 0 Å². The fraction of sp³-hybridized carbons (Fsp3) is 0.562. The van der Waals surface area contributed by atoms with Crippen LogP contribution in [0, 0.1) is 10.1 Å². The van der Waals surface area contributed by atoms with Crippen molar-refractivity contribution in [3.63, 3.8) is 0 Å². The highest BCUT2D eigenvalue weighted by molar-refractivity contribution is 7.98. The molecule has 1 atom stereocenters. The van der Waals surface area contributed by atoms with Crippen LogP contribution in [0.2, 0.25) is 0 Å². The largest absolute Gasteiger partial charge is 0.336 e.